The molecule has 1 amide bonds. The van der Waals surface area contributed by atoms with Gasteiger partial charge >= 0.3 is 0 Å². The van der Waals surface area contributed by atoms with Gasteiger partial charge in [-0.15, -0.1) is 11.3 Å². The third kappa shape index (κ3) is 2.69. The summed E-state index contributed by atoms with van der Waals surface area (Å²) in [6, 6.07) is 5.78. The number of amides is 1. The molecule has 134 valence electrons. The van der Waals surface area contributed by atoms with Gasteiger partial charge in [0, 0.05) is 23.2 Å². The fourth-order valence-electron chi connectivity index (χ4n) is 4.07. The smallest absolute Gasteiger partial charge is 0.277 e. The van der Waals surface area contributed by atoms with Crippen LogP contribution >= 0.6 is 11.3 Å². The molecule has 0 bridgehead atoms. The van der Waals surface area contributed by atoms with Crippen molar-refractivity contribution in [2.24, 2.45) is 5.92 Å². The van der Waals surface area contributed by atoms with E-state index in [0.717, 1.165) is 41.5 Å². The lowest BCUT2D eigenvalue weighted by Crippen LogP contribution is -2.39. The monoisotopic (exact) mass is 368 g/mol. The van der Waals surface area contributed by atoms with Gasteiger partial charge in [-0.1, -0.05) is 6.08 Å². The molecule has 1 saturated heterocycles. The molecule has 1 aromatic heterocycles. The topological polar surface area (TPSA) is 51.7 Å². The third-order valence-electron chi connectivity index (χ3n) is 5.36. The van der Waals surface area contributed by atoms with Gasteiger partial charge in [-0.2, -0.15) is 0 Å². The third-order valence-corrected chi connectivity index (χ3v) is 6.25. The van der Waals surface area contributed by atoms with Crippen molar-refractivity contribution in [3.8, 4) is 22.1 Å². The minimum Gasteiger partial charge on any atom is -0.454 e. The van der Waals surface area contributed by atoms with Gasteiger partial charge in [0.05, 0.1) is 0 Å². The molecule has 2 aliphatic heterocycles. The number of hydrogen-bond donors (Lipinski definition) is 0. The summed E-state index contributed by atoms with van der Waals surface area (Å²) in [4.78, 5) is 19.7. The number of allylic oxidation sites excluding steroid dienone is 2. The van der Waals surface area contributed by atoms with Crippen molar-refractivity contribution >= 4 is 17.2 Å². The van der Waals surface area contributed by atoms with E-state index in [9.17, 15) is 4.79 Å². The number of benzene rings is 1. The number of ether oxygens (including phenoxy) is 2. The van der Waals surface area contributed by atoms with Crippen LogP contribution < -0.4 is 9.47 Å². The summed E-state index contributed by atoms with van der Waals surface area (Å²) >= 11 is 1.50. The van der Waals surface area contributed by atoms with Gasteiger partial charge in [0.25, 0.3) is 5.91 Å². The van der Waals surface area contributed by atoms with Crippen LogP contribution in [0.5, 0.6) is 11.5 Å². The first-order chi connectivity index (χ1) is 12.8. The molecule has 5 rings (SSSR count). The molecule has 0 N–H and O–H groups in total. The zero-order valence-corrected chi connectivity index (χ0v) is 15.3. The van der Waals surface area contributed by atoms with Crippen molar-refractivity contribution in [1.29, 1.82) is 0 Å². The number of carbonyl (C=O) groups is 1. The van der Waals surface area contributed by atoms with Crippen molar-refractivity contribution in [2.75, 3.05) is 13.3 Å². The molecular weight excluding hydrogens is 348 g/mol. The molecule has 6 heteroatoms. The highest BCUT2D eigenvalue weighted by Crippen LogP contribution is 2.38. The lowest BCUT2D eigenvalue weighted by atomic mass is 9.85. The highest BCUT2D eigenvalue weighted by Gasteiger charge is 2.31. The molecule has 3 aliphatic rings. The van der Waals surface area contributed by atoms with Crippen LogP contribution in [0, 0.1) is 5.92 Å². The predicted molar refractivity (Wildman–Crippen MR) is 99.4 cm³/mol. The Morgan fingerprint density at radius 3 is 3.04 bits per heavy atom. The molecule has 26 heavy (non-hydrogen) atoms. The number of nitrogens with zero attached hydrogens (tertiary/aromatic N) is 2. The number of likely N-dealkylation sites (tertiary alicyclic amines) is 1. The predicted octanol–water partition coefficient (Wildman–Crippen LogP) is 4.46. The van der Waals surface area contributed by atoms with Crippen LogP contribution in [-0.4, -0.2) is 29.1 Å². The van der Waals surface area contributed by atoms with Crippen LogP contribution in [0.4, 0.5) is 0 Å². The van der Waals surface area contributed by atoms with Crippen molar-refractivity contribution in [3.05, 3.63) is 41.0 Å². The van der Waals surface area contributed by atoms with Gasteiger partial charge < -0.3 is 14.4 Å². The number of thiazole rings is 1. The minimum atomic E-state index is 0.0334. The van der Waals surface area contributed by atoms with E-state index >= 15 is 0 Å². The number of rotatable bonds is 2. The second-order valence-electron chi connectivity index (χ2n) is 6.96. The second-order valence-corrected chi connectivity index (χ2v) is 7.82. The number of fused-ring (bicyclic) bond motifs is 2. The summed E-state index contributed by atoms with van der Waals surface area (Å²) in [5.41, 5.74) is 2.71. The van der Waals surface area contributed by atoms with Gasteiger partial charge in [-0.25, -0.2) is 4.98 Å². The minimum absolute atomic E-state index is 0.0334. The number of piperidine rings is 1. The van der Waals surface area contributed by atoms with Gasteiger partial charge in [0.15, 0.2) is 11.5 Å². The molecule has 1 atom stereocenters. The number of carbonyl (C=O) groups excluding carboxylic acids is 1. The average molecular weight is 368 g/mol. The lowest BCUT2D eigenvalue weighted by molar-refractivity contribution is 0.0744. The lowest BCUT2D eigenvalue weighted by Gasteiger charge is -2.37. The zero-order valence-electron chi connectivity index (χ0n) is 14.4. The molecule has 0 spiro atoms. The van der Waals surface area contributed by atoms with Crippen LogP contribution in [0.2, 0.25) is 0 Å². The molecule has 0 radical (unpaired) electrons. The fraction of sp³-hybridized carbons (Fsp3) is 0.400. The van der Waals surface area contributed by atoms with E-state index in [1.165, 1.54) is 36.3 Å². The molecule has 3 heterocycles. The fourth-order valence-corrected chi connectivity index (χ4v) is 4.86. The van der Waals surface area contributed by atoms with E-state index in [2.05, 4.69) is 11.1 Å². The highest BCUT2D eigenvalue weighted by atomic mass is 32.1. The maximum atomic E-state index is 13.1. The van der Waals surface area contributed by atoms with E-state index in [-0.39, 0.29) is 12.7 Å². The zero-order chi connectivity index (χ0) is 17.5. The first-order valence-corrected chi connectivity index (χ1v) is 10.0. The Hall–Kier alpha value is -2.34. The Bertz CT molecular complexity index is 889. The van der Waals surface area contributed by atoms with Gasteiger partial charge in [-0.3, -0.25) is 4.79 Å². The van der Waals surface area contributed by atoms with Crippen molar-refractivity contribution in [3.63, 3.8) is 0 Å². The van der Waals surface area contributed by atoms with E-state index < -0.39 is 0 Å². The van der Waals surface area contributed by atoms with Crippen LogP contribution in [0.25, 0.3) is 10.6 Å². The van der Waals surface area contributed by atoms with E-state index in [4.69, 9.17) is 9.47 Å². The van der Waals surface area contributed by atoms with Crippen LogP contribution in [0.1, 0.15) is 42.6 Å². The van der Waals surface area contributed by atoms with Crippen molar-refractivity contribution < 1.29 is 14.3 Å². The number of aromatic nitrogens is 1. The van der Waals surface area contributed by atoms with Crippen LogP contribution in [0.3, 0.4) is 0 Å². The van der Waals surface area contributed by atoms with E-state index in [1.54, 1.807) is 0 Å². The first-order valence-electron chi connectivity index (χ1n) is 9.17. The second kappa shape index (κ2) is 6.43. The van der Waals surface area contributed by atoms with Crippen LogP contribution in [0.15, 0.2) is 35.4 Å². The normalized spacial score (nSPS) is 21.3. The largest absolute Gasteiger partial charge is 0.454 e. The quantitative estimate of drug-likeness (QED) is 0.785. The average Bonchev–Trinajstić information content (AvgIpc) is 3.35. The molecule has 5 nitrogen and oxygen atoms in total. The molecule has 1 aliphatic carbocycles. The Morgan fingerprint density at radius 1 is 1.19 bits per heavy atom. The van der Waals surface area contributed by atoms with E-state index in [0.29, 0.717) is 11.6 Å². The van der Waals surface area contributed by atoms with E-state index in [1.807, 2.05) is 28.5 Å². The van der Waals surface area contributed by atoms with Gasteiger partial charge in [0.1, 0.15) is 10.7 Å². The maximum absolute atomic E-state index is 13.1. The Balaban J connectivity index is 1.41. The standard InChI is InChI=1S/C20H20N2O3S/c23-20(22-9-3-5-13-4-1-2-6-16(13)22)15-11-26-19(21-15)14-7-8-17-18(10-14)25-12-24-17/h6-8,10-11,13H,1-5,9,12H2. The summed E-state index contributed by atoms with van der Waals surface area (Å²) in [7, 11) is 0. The molecular formula is C20H20N2O3S. The molecule has 1 aromatic carbocycles. The molecule has 2 aromatic rings. The molecule has 0 saturated carbocycles. The first kappa shape index (κ1) is 15.9. The van der Waals surface area contributed by atoms with Gasteiger partial charge in [0.2, 0.25) is 6.79 Å². The Labute approximate surface area is 156 Å². The van der Waals surface area contributed by atoms with Crippen LogP contribution in [-0.2, 0) is 0 Å². The summed E-state index contributed by atoms with van der Waals surface area (Å²) in [5, 5.41) is 2.70. The Kier molecular flexibility index (Phi) is 3.93. The number of hydrogen-bond acceptors (Lipinski definition) is 5. The summed E-state index contributed by atoms with van der Waals surface area (Å²) in [6.07, 6.45) is 8.06. The molecule has 1 unspecified atom stereocenters. The summed E-state index contributed by atoms with van der Waals surface area (Å²) < 4.78 is 10.8. The maximum Gasteiger partial charge on any atom is 0.277 e. The molecule has 1 fully saturated rings. The SMILES string of the molecule is O=C(c1csc(-c2ccc3c(c2)OCO3)n1)N1CCCC2CCCC=C21. The summed E-state index contributed by atoms with van der Waals surface area (Å²) in [6.45, 7) is 1.06. The van der Waals surface area contributed by atoms with Crippen molar-refractivity contribution in [2.45, 2.75) is 32.1 Å². The van der Waals surface area contributed by atoms with Gasteiger partial charge in [-0.05, 0) is 56.2 Å². The summed E-state index contributed by atoms with van der Waals surface area (Å²) in [5.74, 6) is 2.07. The van der Waals surface area contributed by atoms with Crippen molar-refractivity contribution in [1.82, 2.24) is 9.88 Å². The Morgan fingerprint density at radius 2 is 2.08 bits per heavy atom. The highest BCUT2D eigenvalue weighted by molar-refractivity contribution is 7.13.